The zero-order valence-corrected chi connectivity index (χ0v) is 12.9. The summed E-state index contributed by atoms with van der Waals surface area (Å²) in [6.45, 7) is 0. The van der Waals surface area contributed by atoms with Crippen LogP contribution < -0.4 is 0 Å². The van der Waals surface area contributed by atoms with Crippen molar-refractivity contribution in [2.45, 2.75) is 0 Å². The van der Waals surface area contributed by atoms with Crippen LogP contribution in [-0.2, 0) is 9.47 Å². The predicted molar refractivity (Wildman–Crippen MR) is 81.5 cm³/mol. The number of carbonyl (C=O) groups excluding carboxylic acids is 2. The second kappa shape index (κ2) is 7.38. The Bertz CT molecular complexity index is 863. The van der Waals surface area contributed by atoms with Crippen molar-refractivity contribution in [1.29, 1.82) is 0 Å². The van der Waals surface area contributed by atoms with Crippen molar-refractivity contribution in [2.24, 2.45) is 0 Å². The Morgan fingerprint density at radius 2 is 1.33 bits per heavy atom. The van der Waals surface area contributed by atoms with Gasteiger partial charge < -0.3 is 9.47 Å². The van der Waals surface area contributed by atoms with Crippen LogP contribution >= 0.6 is 0 Å². The molecule has 0 aliphatic heterocycles. The van der Waals surface area contributed by atoms with Gasteiger partial charge in [0.15, 0.2) is 11.6 Å². The van der Waals surface area contributed by atoms with Crippen LogP contribution in [0.5, 0.6) is 0 Å². The van der Waals surface area contributed by atoms with Crippen molar-refractivity contribution in [3.05, 3.63) is 70.3 Å². The van der Waals surface area contributed by atoms with Crippen LogP contribution in [0.1, 0.15) is 31.8 Å². The monoisotopic (exact) mass is 330 g/mol. The fraction of sp³-hybridized carbons (Fsp3) is 0.111. The predicted octanol–water partition coefficient (Wildman–Crippen LogP) is 2.94. The summed E-state index contributed by atoms with van der Waals surface area (Å²) >= 11 is 0. The van der Waals surface area contributed by atoms with Gasteiger partial charge in [0.05, 0.1) is 25.3 Å². The molecule has 122 valence electrons. The van der Waals surface area contributed by atoms with Gasteiger partial charge >= 0.3 is 11.9 Å². The van der Waals surface area contributed by atoms with Gasteiger partial charge in [-0.1, -0.05) is 11.8 Å². The van der Waals surface area contributed by atoms with Crippen LogP contribution in [0.2, 0.25) is 0 Å². The summed E-state index contributed by atoms with van der Waals surface area (Å²) in [6, 6.07) is 7.52. The average molecular weight is 330 g/mol. The topological polar surface area (TPSA) is 52.6 Å². The SMILES string of the molecule is COC(=O)c1ccc(C#Cc2ccc(F)c(F)c2)cc1C(=O)OC. The first-order valence-corrected chi connectivity index (χ1v) is 6.74. The van der Waals surface area contributed by atoms with E-state index in [1.165, 1.54) is 38.5 Å². The molecule has 0 saturated heterocycles. The standard InChI is InChI=1S/C18H12F2O4/c1-23-17(21)13-7-5-11(9-14(13)18(22)24-2)3-4-12-6-8-15(19)16(20)10-12/h5-10H,1-2H3. The number of esters is 2. The molecule has 0 saturated carbocycles. The first-order valence-electron chi connectivity index (χ1n) is 6.74. The third-order valence-electron chi connectivity index (χ3n) is 3.10. The summed E-state index contributed by atoms with van der Waals surface area (Å²) in [5.74, 6) is 2.00. The van der Waals surface area contributed by atoms with Crippen molar-refractivity contribution in [3.63, 3.8) is 0 Å². The quantitative estimate of drug-likeness (QED) is 0.627. The van der Waals surface area contributed by atoms with Gasteiger partial charge in [-0.05, 0) is 36.4 Å². The highest BCUT2D eigenvalue weighted by molar-refractivity contribution is 6.03. The summed E-state index contributed by atoms with van der Waals surface area (Å²) in [7, 11) is 2.38. The molecule has 0 aliphatic rings. The van der Waals surface area contributed by atoms with Crippen LogP contribution in [0.4, 0.5) is 8.78 Å². The van der Waals surface area contributed by atoms with Crippen molar-refractivity contribution < 1.29 is 27.8 Å². The van der Waals surface area contributed by atoms with E-state index in [2.05, 4.69) is 21.3 Å². The summed E-state index contributed by atoms with van der Waals surface area (Å²) in [5.41, 5.74) is 0.711. The number of halogens is 2. The minimum Gasteiger partial charge on any atom is -0.465 e. The highest BCUT2D eigenvalue weighted by Gasteiger charge is 2.18. The molecule has 2 rings (SSSR count). The minimum absolute atomic E-state index is 0.00133. The number of benzene rings is 2. The number of rotatable bonds is 2. The largest absolute Gasteiger partial charge is 0.465 e. The van der Waals surface area contributed by atoms with E-state index in [-0.39, 0.29) is 16.7 Å². The molecule has 0 fully saturated rings. The molecule has 0 spiro atoms. The Kier molecular flexibility index (Phi) is 5.27. The van der Waals surface area contributed by atoms with Crippen LogP contribution in [0.15, 0.2) is 36.4 Å². The lowest BCUT2D eigenvalue weighted by molar-refractivity contribution is 0.0555. The van der Waals surface area contributed by atoms with Crippen LogP contribution in [-0.4, -0.2) is 26.2 Å². The van der Waals surface area contributed by atoms with Gasteiger partial charge in [0.2, 0.25) is 0 Å². The molecule has 6 heteroatoms. The van der Waals surface area contributed by atoms with Crippen LogP contribution in [0.25, 0.3) is 0 Å². The molecular formula is C18H12F2O4. The van der Waals surface area contributed by atoms with E-state index < -0.39 is 23.6 Å². The van der Waals surface area contributed by atoms with Crippen molar-refractivity contribution >= 4 is 11.9 Å². The zero-order valence-electron chi connectivity index (χ0n) is 12.9. The average Bonchev–Trinajstić information content (AvgIpc) is 2.61. The molecule has 2 aromatic carbocycles. The third kappa shape index (κ3) is 3.76. The van der Waals surface area contributed by atoms with Gasteiger partial charge in [0, 0.05) is 11.1 Å². The fourth-order valence-corrected chi connectivity index (χ4v) is 1.91. The van der Waals surface area contributed by atoms with E-state index in [9.17, 15) is 18.4 Å². The van der Waals surface area contributed by atoms with E-state index in [1.807, 2.05) is 0 Å². The smallest absolute Gasteiger partial charge is 0.338 e. The zero-order chi connectivity index (χ0) is 17.7. The van der Waals surface area contributed by atoms with Crippen LogP contribution in [0.3, 0.4) is 0 Å². The number of carbonyl (C=O) groups is 2. The second-order valence-electron chi connectivity index (χ2n) is 4.62. The maximum absolute atomic E-state index is 13.1. The Hall–Kier alpha value is -3.20. The summed E-state index contributed by atoms with van der Waals surface area (Å²) in [6.07, 6.45) is 0. The Balaban J connectivity index is 2.42. The highest BCUT2D eigenvalue weighted by atomic mass is 19.2. The molecule has 0 bridgehead atoms. The Morgan fingerprint density at radius 1 is 0.792 bits per heavy atom. The lowest BCUT2D eigenvalue weighted by Gasteiger charge is -2.06. The van der Waals surface area contributed by atoms with Crippen molar-refractivity contribution in [3.8, 4) is 11.8 Å². The number of ether oxygens (including phenoxy) is 2. The molecule has 0 radical (unpaired) electrons. The van der Waals surface area contributed by atoms with Gasteiger partial charge in [-0.3, -0.25) is 0 Å². The van der Waals surface area contributed by atoms with Gasteiger partial charge in [0.25, 0.3) is 0 Å². The Morgan fingerprint density at radius 3 is 1.92 bits per heavy atom. The molecule has 0 heterocycles. The maximum Gasteiger partial charge on any atom is 0.338 e. The first-order chi connectivity index (χ1) is 11.5. The van der Waals surface area contributed by atoms with E-state index >= 15 is 0 Å². The number of hydrogen-bond donors (Lipinski definition) is 0. The summed E-state index contributed by atoms with van der Waals surface area (Å²) < 4.78 is 35.3. The molecular weight excluding hydrogens is 318 g/mol. The molecule has 4 nitrogen and oxygen atoms in total. The molecule has 2 aromatic rings. The van der Waals surface area contributed by atoms with E-state index in [4.69, 9.17) is 0 Å². The van der Waals surface area contributed by atoms with Gasteiger partial charge in [-0.2, -0.15) is 0 Å². The molecule has 24 heavy (non-hydrogen) atoms. The molecule has 0 amide bonds. The van der Waals surface area contributed by atoms with E-state index in [0.717, 1.165) is 12.1 Å². The summed E-state index contributed by atoms with van der Waals surface area (Å²) in [4.78, 5) is 23.5. The first kappa shape index (κ1) is 17.2. The lowest BCUT2D eigenvalue weighted by Crippen LogP contribution is -2.12. The Labute approximate surface area is 137 Å². The third-order valence-corrected chi connectivity index (χ3v) is 3.10. The molecule has 0 aromatic heterocycles. The van der Waals surface area contributed by atoms with Crippen LogP contribution in [0, 0.1) is 23.5 Å². The van der Waals surface area contributed by atoms with Gasteiger partial charge in [-0.15, -0.1) is 0 Å². The number of methoxy groups -OCH3 is 2. The van der Waals surface area contributed by atoms with Gasteiger partial charge in [-0.25, -0.2) is 18.4 Å². The maximum atomic E-state index is 13.1. The number of hydrogen-bond acceptors (Lipinski definition) is 4. The van der Waals surface area contributed by atoms with E-state index in [1.54, 1.807) is 0 Å². The van der Waals surface area contributed by atoms with Crippen molar-refractivity contribution in [2.75, 3.05) is 14.2 Å². The van der Waals surface area contributed by atoms with Crippen molar-refractivity contribution in [1.82, 2.24) is 0 Å². The minimum atomic E-state index is -1.00. The molecule has 0 atom stereocenters. The second-order valence-corrected chi connectivity index (χ2v) is 4.62. The molecule has 0 unspecified atom stereocenters. The molecule has 0 N–H and O–H groups in total. The highest BCUT2D eigenvalue weighted by Crippen LogP contribution is 2.15. The van der Waals surface area contributed by atoms with E-state index in [0.29, 0.717) is 5.56 Å². The van der Waals surface area contributed by atoms with Gasteiger partial charge in [0.1, 0.15) is 0 Å². The lowest BCUT2D eigenvalue weighted by atomic mass is 10.0. The molecule has 0 aliphatic carbocycles. The fourth-order valence-electron chi connectivity index (χ4n) is 1.91. The normalized spacial score (nSPS) is 9.67. The summed E-state index contributed by atoms with van der Waals surface area (Å²) in [5, 5.41) is 0.